The van der Waals surface area contributed by atoms with Crippen LogP contribution in [-0.4, -0.2) is 27.5 Å². The fourth-order valence-corrected chi connectivity index (χ4v) is 2.85. The van der Waals surface area contributed by atoms with Crippen LogP contribution in [0.2, 0.25) is 0 Å². The maximum Gasteiger partial charge on any atom is 0.415 e. The van der Waals surface area contributed by atoms with Crippen molar-refractivity contribution in [3.05, 3.63) is 11.7 Å². The number of hydrogen-bond donors (Lipinski definition) is 1. The smallest absolute Gasteiger partial charge is 0.383 e. The highest BCUT2D eigenvalue weighted by molar-refractivity contribution is 5.02. The maximum atomic E-state index is 12.5. The van der Waals surface area contributed by atoms with Crippen LogP contribution >= 0.6 is 0 Å². The summed E-state index contributed by atoms with van der Waals surface area (Å²) in [6.45, 7) is 3.40. The third-order valence-corrected chi connectivity index (χ3v) is 4.45. The lowest BCUT2D eigenvalue weighted by atomic mass is 9.80. The molecule has 21 heavy (non-hydrogen) atoms. The molecular formula is C14H21F3N2O2. The van der Waals surface area contributed by atoms with Crippen molar-refractivity contribution in [2.75, 3.05) is 0 Å². The van der Waals surface area contributed by atoms with Crippen molar-refractivity contribution in [3.63, 3.8) is 0 Å². The molecule has 1 fully saturated rings. The van der Waals surface area contributed by atoms with E-state index in [1.807, 2.05) is 0 Å². The number of aromatic nitrogens is 2. The van der Waals surface area contributed by atoms with E-state index in [-0.39, 0.29) is 11.8 Å². The molecule has 0 amide bonds. The molecule has 7 heteroatoms. The van der Waals surface area contributed by atoms with Crippen LogP contribution in [0.3, 0.4) is 0 Å². The van der Waals surface area contributed by atoms with Gasteiger partial charge in [0.05, 0.1) is 5.92 Å². The van der Waals surface area contributed by atoms with E-state index >= 15 is 0 Å². The molecule has 120 valence electrons. The van der Waals surface area contributed by atoms with E-state index in [0.29, 0.717) is 5.82 Å². The van der Waals surface area contributed by atoms with Crippen LogP contribution in [0.15, 0.2) is 4.52 Å². The maximum absolute atomic E-state index is 12.5. The van der Waals surface area contributed by atoms with Gasteiger partial charge < -0.3 is 9.63 Å². The molecule has 0 bridgehead atoms. The zero-order valence-corrected chi connectivity index (χ0v) is 12.2. The Morgan fingerprint density at radius 2 is 1.90 bits per heavy atom. The van der Waals surface area contributed by atoms with E-state index in [1.165, 1.54) is 6.92 Å². The number of rotatable bonds is 4. The molecule has 0 spiro atoms. The predicted molar refractivity (Wildman–Crippen MR) is 69.8 cm³/mol. The minimum absolute atomic E-state index is 0.146. The minimum atomic E-state index is -4.69. The van der Waals surface area contributed by atoms with Crippen LogP contribution < -0.4 is 0 Å². The van der Waals surface area contributed by atoms with Crippen molar-refractivity contribution in [2.45, 2.75) is 70.1 Å². The first-order valence-electron chi connectivity index (χ1n) is 7.41. The second kappa shape index (κ2) is 6.34. The van der Waals surface area contributed by atoms with Gasteiger partial charge in [0.1, 0.15) is 0 Å². The summed E-state index contributed by atoms with van der Waals surface area (Å²) >= 11 is 0. The number of alkyl halides is 3. The van der Waals surface area contributed by atoms with Gasteiger partial charge in [-0.25, -0.2) is 0 Å². The molecule has 1 aliphatic rings. The summed E-state index contributed by atoms with van der Waals surface area (Å²) in [6, 6.07) is 0. The topological polar surface area (TPSA) is 59.2 Å². The molecule has 1 aromatic heterocycles. The largest absolute Gasteiger partial charge is 0.415 e. The van der Waals surface area contributed by atoms with Gasteiger partial charge in [-0.05, 0) is 31.6 Å². The molecule has 0 radical (unpaired) electrons. The summed E-state index contributed by atoms with van der Waals surface area (Å²) in [5.41, 5.74) is 0. The first kappa shape index (κ1) is 16.3. The van der Waals surface area contributed by atoms with Crippen LogP contribution in [0.5, 0.6) is 0 Å². The Kier molecular flexibility index (Phi) is 4.91. The summed E-state index contributed by atoms with van der Waals surface area (Å²) in [5.74, 6) is -0.0504. The Hall–Kier alpha value is -1.11. The highest BCUT2D eigenvalue weighted by atomic mass is 19.4. The molecule has 2 atom stereocenters. The van der Waals surface area contributed by atoms with Gasteiger partial charge in [0.25, 0.3) is 0 Å². The van der Waals surface area contributed by atoms with Gasteiger partial charge >= 0.3 is 6.18 Å². The highest BCUT2D eigenvalue weighted by Crippen LogP contribution is 2.37. The number of aliphatic hydroxyl groups is 1. The van der Waals surface area contributed by atoms with E-state index in [2.05, 4.69) is 17.1 Å². The lowest BCUT2D eigenvalue weighted by Gasteiger charge is -2.25. The Morgan fingerprint density at radius 1 is 1.29 bits per heavy atom. The molecule has 0 aromatic carbocycles. The zero-order chi connectivity index (χ0) is 15.6. The van der Waals surface area contributed by atoms with Crippen LogP contribution in [0.4, 0.5) is 13.2 Å². The second-order valence-corrected chi connectivity index (χ2v) is 5.89. The normalized spacial score (nSPS) is 26.6. The third-order valence-electron chi connectivity index (χ3n) is 4.45. The number of halogens is 3. The average Bonchev–Trinajstić information content (AvgIpc) is 2.94. The van der Waals surface area contributed by atoms with Gasteiger partial charge in [-0.2, -0.15) is 18.2 Å². The lowest BCUT2D eigenvalue weighted by molar-refractivity contribution is -0.210. The third kappa shape index (κ3) is 3.75. The van der Waals surface area contributed by atoms with Gasteiger partial charge in [-0.1, -0.05) is 25.4 Å². The summed E-state index contributed by atoms with van der Waals surface area (Å²) < 4.78 is 42.4. The van der Waals surface area contributed by atoms with E-state index in [4.69, 9.17) is 4.52 Å². The van der Waals surface area contributed by atoms with Gasteiger partial charge in [0.2, 0.25) is 5.89 Å². The number of hydrogen-bond acceptors (Lipinski definition) is 4. The van der Waals surface area contributed by atoms with Gasteiger partial charge in [-0.15, -0.1) is 0 Å². The summed E-state index contributed by atoms with van der Waals surface area (Å²) in [5, 5.41) is 13.1. The summed E-state index contributed by atoms with van der Waals surface area (Å²) in [4.78, 5) is 4.08. The molecule has 4 nitrogen and oxygen atoms in total. The molecule has 0 aliphatic heterocycles. The molecule has 2 rings (SSSR count). The molecule has 1 heterocycles. The monoisotopic (exact) mass is 306 g/mol. The van der Waals surface area contributed by atoms with Crippen LogP contribution in [-0.2, 0) is 0 Å². The van der Waals surface area contributed by atoms with E-state index < -0.39 is 18.2 Å². The average molecular weight is 306 g/mol. The van der Waals surface area contributed by atoms with Crippen molar-refractivity contribution in [3.8, 4) is 0 Å². The molecular weight excluding hydrogens is 285 g/mol. The lowest BCUT2D eigenvalue weighted by Crippen LogP contribution is -2.33. The summed E-state index contributed by atoms with van der Waals surface area (Å²) in [7, 11) is 0. The Labute approximate surface area is 121 Å². The van der Waals surface area contributed by atoms with E-state index in [9.17, 15) is 18.3 Å². The predicted octanol–water partition coefficient (Wildman–Crippen LogP) is 3.78. The Morgan fingerprint density at radius 3 is 2.43 bits per heavy atom. The van der Waals surface area contributed by atoms with Crippen molar-refractivity contribution in [2.24, 2.45) is 5.92 Å². The fourth-order valence-electron chi connectivity index (χ4n) is 2.85. The molecule has 1 aromatic rings. The second-order valence-electron chi connectivity index (χ2n) is 5.89. The first-order chi connectivity index (χ1) is 9.82. The van der Waals surface area contributed by atoms with Crippen molar-refractivity contribution >= 4 is 0 Å². The standard InChI is InChI=1S/C14H21F3N2O2/c1-3-9-4-6-10(7-5-9)12-18-13(21-19-12)8(2)11(20)14(15,16)17/h8-11,20H,3-7H2,1-2H3. The Balaban J connectivity index is 2.02. The molecule has 1 aliphatic carbocycles. The molecule has 0 saturated heterocycles. The van der Waals surface area contributed by atoms with Gasteiger partial charge in [0, 0.05) is 5.92 Å². The fraction of sp³-hybridized carbons (Fsp3) is 0.857. The highest BCUT2D eigenvalue weighted by Gasteiger charge is 2.44. The number of nitrogens with zero attached hydrogens (tertiary/aromatic N) is 2. The summed E-state index contributed by atoms with van der Waals surface area (Å²) in [6.07, 6.45) is -1.97. The van der Waals surface area contributed by atoms with Crippen LogP contribution in [0.25, 0.3) is 0 Å². The van der Waals surface area contributed by atoms with Crippen molar-refractivity contribution in [1.82, 2.24) is 10.1 Å². The zero-order valence-electron chi connectivity index (χ0n) is 12.2. The molecule has 1 N–H and O–H groups in total. The van der Waals surface area contributed by atoms with E-state index in [1.54, 1.807) is 0 Å². The van der Waals surface area contributed by atoms with Crippen LogP contribution in [0.1, 0.15) is 69.5 Å². The SMILES string of the molecule is CCC1CCC(c2noc(C(C)C(O)C(F)(F)F)n2)CC1. The van der Waals surface area contributed by atoms with Gasteiger partial charge in [0.15, 0.2) is 11.9 Å². The first-order valence-corrected chi connectivity index (χ1v) is 7.41. The van der Waals surface area contributed by atoms with Gasteiger partial charge in [-0.3, -0.25) is 0 Å². The minimum Gasteiger partial charge on any atom is -0.383 e. The quantitative estimate of drug-likeness (QED) is 0.919. The number of aliphatic hydroxyl groups excluding tert-OH is 1. The van der Waals surface area contributed by atoms with Crippen molar-refractivity contribution < 1.29 is 22.8 Å². The van der Waals surface area contributed by atoms with E-state index in [0.717, 1.165) is 38.0 Å². The Bertz CT molecular complexity index is 453. The molecule has 2 unspecified atom stereocenters. The van der Waals surface area contributed by atoms with Crippen molar-refractivity contribution in [1.29, 1.82) is 0 Å². The molecule has 1 saturated carbocycles. The van der Waals surface area contributed by atoms with Crippen LogP contribution in [0, 0.1) is 5.92 Å².